The number of rotatable bonds is 4. The minimum atomic E-state index is -1.25. The first kappa shape index (κ1) is 13.3. The van der Waals surface area contributed by atoms with Gasteiger partial charge < -0.3 is 9.90 Å². The highest BCUT2D eigenvalue weighted by Gasteiger charge is 2.04. The minimum absolute atomic E-state index is 0.0748. The number of nitrogens with zero attached hydrogens (tertiary/aromatic N) is 3. The van der Waals surface area contributed by atoms with Gasteiger partial charge in [0.2, 0.25) is 0 Å². The molecule has 0 aliphatic carbocycles. The van der Waals surface area contributed by atoms with Crippen LogP contribution in [0.4, 0.5) is 0 Å². The second-order valence-corrected chi connectivity index (χ2v) is 3.70. The van der Waals surface area contributed by atoms with E-state index in [4.69, 9.17) is 0 Å². The first-order chi connectivity index (χ1) is 9.66. The molecule has 0 spiro atoms. The van der Waals surface area contributed by atoms with Gasteiger partial charge in [-0.3, -0.25) is 9.78 Å². The molecule has 0 unspecified atom stereocenters. The molecule has 0 saturated carbocycles. The third kappa shape index (κ3) is 3.45. The third-order valence-electron chi connectivity index (χ3n) is 2.32. The van der Waals surface area contributed by atoms with E-state index >= 15 is 0 Å². The van der Waals surface area contributed by atoms with Crippen LogP contribution in [0.2, 0.25) is 0 Å². The summed E-state index contributed by atoms with van der Waals surface area (Å²) >= 11 is 0. The smallest absolute Gasteiger partial charge is 0.291 e. The number of hydrazone groups is 1. The lowest BCUT2D eigenvalue weighted by Crippen LogP contribution is -2.22. The van der Waals surface area contributed by atoms with E-state index in [1.54, 1.807) is 12.1 Å². The molecule has 1 aromatic heterocycles. The fourth-order valence-electron chi connectivity index (χ4n) is 1.34. The summed E-state index contributed by atoms with van der Waals surface area (Å²) in [5, 5.41) is 14.3. The number of hydrogen-bond donors (Lipinski definition) is 1. The number of aromatic carboxylic acids is 1. The number of carbonyl (C=O) groups is 2. The van der Waals surface area contributed by atoms with E-state index in [0.29, 0.717) is 5.56 Å². The summed E-state index contributed by atoms with van der Waals surface area (Å²) in [5.74, 6) is -1.73. The van der Waals surface area contributed by atoms with Crippen LogP contribution < -0.4 is 10.5 Å². The van der Waals surface area contributed by atoms with Crippen LogP contribution in [0.5, 0.6) is 0 Å². The van der Waals surface area contributed by atoms with Gasteiger partial charge in [-0.2, -0.15) is 5.10 Å². The molecule has 1 heterocycles. The van der Waals surface area contributed by atoms with Gasteiger partial charge in [-0.05, 0) is 11.1 Å². The summed E-state index contributed by atoms with van der Waals surface area (Å²) < 4.78 is 0. The van der Waals surface area contributed by atoms with Crippen molar-refractivity contribution in [2.75, 3.05) is 0 Å². The Morgan fingerprint density at radius 3 is 2.55 bits per heavy atom. The van der Waals surface area contributed by atoms with Crippen LogP contribution in [-0.2, 0) is 0 Å². The van der Waals surface area contributed by atoms with Crippen molar-refractivity contribution in [3.63, 3.8) is 0 Å². The van der Waals surface area contributed by atoms with Crippen molar-refractivity contribution in [1.82, 2.24) is 15.4 Å². The van der Waals surface area contributed by atoms with Crippen LogP contribution in [0.25, 0.3) is 0 Å². The first-order valence-electron chi connectivity index (χ1n) is 5.57. The molecule has 0 atom stereocenters. The SMILES string of the molecule is O=C([O-])c1ccc(/C=N/NC(=O)c2cnccn2)cc1. The maximum atomic E-state index is 11.6. The zero-order valence-corrected chi connectivity index (χ0v) is 10.2. The number of aromatic nitrogens is 2. The normalized spacial score (nSPS) is 10.4. The monoisotopic (exact) mass is 269 g/mol. The Morgan fingerprint density at radius 2 is 1.95 bits per heavy atom. The Balaban J connectivity index is 1.96. The minimum Gasteiger partial charge on any atom is -0.545 e. The topological polar surface area (TPSA) is 107 Å². The molecule has 0 aliphatic rings. The average molecular weight is 269 g/mol. The molecule has 7 nitrogen and oxygen atoms in total. The maximum absolute atomic E-state index is 11.6. The Bertz CT molecular complexity index is 638. The fourth-order valence-corrected chi connectivity index (χ4v) is 1.34. The van der Waals surface area contributed by atoms with Crippen LogP contribution in [0, 0.1) is 0 Å². The number of amides is 1. The molecule has 0 fully saturated rings. The summed E-state index contributed by atoms with van der Waals surface area (Å²) in [6.07, 6.45) is 5.56. The standard InChI is InChI=1S/C13H10N4O3/c18-12(11-8-14-5-6-15-11)17-16-7-9-1-3-10(4-2-9)13(19)20/h1-8H,(H,17,18)(H,19,20)/p-1/b16-7+. The lowest BCUT2D eigenvalue weighted by atomic mass is 10.1. The quantitative estimate of drug-likeness (QED) is 0.600. The number of benzene rings is 1. The van der Waals surface area contributed by atoms with Gasteiger partial charge in [-0.15, -0.1) is 0 Å². The highest BCUT2D eigenvalue weighted by atomic mass is 16.4. The van der Waals surface area contributed by atoms with Crippen LogP contribution in [0.1, 0.15) is 26.4 Å². The highest BCUT2D eigenvalue weighted by Crippen LogP contribution is 2.01. The Morgan fingerprint density at radius 1 is 1.20 bits per heavy atom. The lowest BCUT2D eigenvalue weighted by Gasteiger charge is -2.01. The van der Waals surface area contributed by atoms with Crippen molar-refractivity contribution in [3.8, 4) is 0 Å². The summed E-state index contributed by atoms with van der Waals surface area (Å²) in [5.41, 5.74) is 3.14. The van der Waals surface area contributed by atoms with Gasteiger partial charge in [0.05, 0.1) is 18.4 Å². The molecule has 0 radical (unpaired) electrons. The first-order valence-corrected chi connectivity index (χ1v) is 5.57. The van der Waals surface area contributed by atoms with Crippen LogP contribution in [0.15, 0.2) is 48.0 Å². The second kappa shape index (κ2) is 6.19. The largest absolute Gasteiger partial charge is 0.545 e. The van der Waals surface area contributed by atoms with Crippen molar-refractivity contribution in [3.05, 3.63) is 59.7 Å². The number of carbonyl (C=O) groups excluding carboxylic acids is 2. The number of nitrogens with one attached hydrogen (secondary N) is 1. The van der Waals surface area contributed by atoms with Crippen LogP contribution in [0.3, 0.4) is 0 Å². The van der Waals surface area contributed by atoms with Gasteiger partial charge in [0.25, 0.3) is 5.91 Å². The molecular weight excluding hydrogens is 260 g/mol. The van der Waals surface area contributed by atoms with E-state index in [9.17, 15) is 14.7 Å². The average Bonchev–Trinajstić information content (AvgIpc) is 2.48. The predicted octanol–water partition coefficient (Wildman–Crippen LogP) is -0.396. The summed E-state index contributed by atoms with van der Waals surface area (Å²) in [4.78, 5) is 29.7. The zero-order chi connectivity index (χ0) is 14.4. The predicted molar refractivity (Wildman–Crippen MR) is 67.9 cm³/mol. The molecule has 0 saturated heterocycles. The number of hydrogen-bond acceptors (Lipinski definition) is 6. The Labute approximate surface area is 114 Å². The van der Waals surface area contributed by atoms with E-state index in [0.717, 1.165) is 0 Å². The zero-order valence-electron chi connectivity index (χ0n) is 10.2. The Kier molecular flexibility index (Phi) is 4.13. The van der Waals surface area contributed by atoms with Gasteiger partial charge in [0.15, 0.2) is 0 Å². The summed E-state index contributed by atoms with van der Waals surface area (Å²) in [6.45, 7) is 0. The molecule has 100 valence electrons. The fraction of sp³-hybridized carbons (Fsp3) is 0. The number of carboxylic acid groups (broad SMARTS) is 1. The van der Waals surface area contributed by atoms with Crippen LogP contribution >= 0.6 is 0 Å². The summed E-state index contributed by atoms with van der Waals surface area (Å²) in [6, 6.07) is 5.87. The molecule has 20 heavy (non-hydrogen) atoms. The van der Waals surface area contributed by atoms with E-state index in [1.165, 1.54) is 36.9 Å². The van der Waals surface area contributed by atoms with Crippen molar-refractivity contribution >= 4 is 18.1 Å². The van der Waals surface area contributed by atoms with Crippen molar-refractivity contribution in [2.24, 2.45) is 5.10 Å². The molecule has 1 amide bonds. The van der Waals surface area contributed by atoms with Gasteiger partial charge in [0, 0.05) is 12.4 Å². The number of carboxylic acids is 1. The molecular formula is C13H9N4O3-. The lowest BCUT2D eigenvalue weighted by molar-refractivity contribution is -0.255. The molecule has 2 aromatic rings. The molecule has 0 bridgehead atoms. The molecule has 7 heteroatoms. The molecule has 2 rings (SSSR count). The third-order valence-corrected chi connectivity index (χ3v) is 2.32. The van der Waals surface area contributed by atoms with Crippen molar-refractivity contribution in [2.45, 2.75) is 0 Å². The summed E-state index contributed by atoms with van der Waals surface area (Å²) in [7, 11) is 0. The highest BCUT2D eigenvalue weighted by molar-refractivity contribution is 5.93. The van der Waals surface area contributed by atoms with Crippen LogP contribution in [-0.4, -0.2) is 28.1 Å². The van der Waals surface area contributed by atoms with Crippen molar-refractivity contribution in [1.29, 1.82) is 0 Å². The van der Waals surface area contributed by atoms with Gasteiger partial charge >= 0.3 is 0 Å². The molecule has 1 aromatic carbocycles. The van der Waals surface area contributed by atoms with E-state index in [2.05, 4.69) is 20.5 Å². The van der Waals surface area contributed by atoms with E-state index in [-0.39, 0.29) is 11.3 Å². The van der Waals surface area contributed by atoms with Gasteiger partial charge in [-0.25, -0.2) is 10.4 Å². The molecule has 1 N–H and O–H groups in total. The van der Waals surface area contributed by atoms with Gasteiger partial charge in [0.1, 0.15) is 5.69 Å². The van der Waals surface area contributed by atoms with Gasteiger partial charge in [-0.1, -0.05) is 24.3 Å². The van der Waals surface area contributed by atoms with E-state index < -0.39 is 11.9 Å². The molecule has 0 aliphatic heterocycles. The van der Waals surface area contributed by atoms with E-state index in [1.807, 2.05) is 0 Å². The Hall–Kier alpha value is -3.09. The van der Waals surface area contributed by atoms with Crippen molar-refractivity contribution < 1.29 is 14.7 Å². The second-order valence-electron chi connectivity index (χ2n) is 3.70. The maximum Gasteiger partial charge on any atom is 0.291 e.